The quantitative estimate of drug-likeness (QED) is 0.402. The van der Waals surface area contributed by atoms with Crippen LogP contribution in [0.25, 0.3) is 0 Å². The summed E-state index contributed by atoms with van der Waals surface area (Å²) in [5.74, 6) is -2.77. The van der Waals surface area contributed by atoms with Gasteiger partial charge in [-0.1, -0.05) is 11.6 Å². The van der Waals surface area contributed by atoms with Gasteiger partial charge in [-0.25, -0.2) is 0 Å². The van der Waals surface area contributed by atoms with Crippen molar-refractivity contribution in [3.8, 4) is 0 Å². The SMILES string of the molecule is CNc1ccc(C(=O)NC(C)C(=O)N2CCCC2C(=O)NC(C=O)CC(=O)O)cc1Cl. The predicted octanol–water partition coefficient (Wildman–Crippen LogP) is 0.649. The van der Waals surface area contributed by atoms with E-state index >= 15 is 0 Å². The Balaban J connectivity index is 2.02. The van der Waals surface area contributed by atoms with E-state index in [9.17, 15) is 24.0 Å². The Labute approximate surface area is 184 Å². The number of rotatable bonds is 9. The standard InChI is InChI=1S/C20H25ClN4O6/c1-11(23-18(29)12-5-6-15(22-2)14(21)8-12)20(31)25-7-3-4-16(25)19(30)24-13(10-26)9-17(27)28/h5-6,8,10-11,13,16,22H,3-4,7,9H2,1-2H3,(H,23,29)(H,24,30)(H,27,28). The molecule has 1 aromatic carbocycles. The summed E-state index contributed by atoms with van der Waals surface area (Å²) in [5.41, 5.74) is 0.937. The highest BCUT2D eigenvalue weighted by Gasteiger charge is 2.37. The Kier molecular flexibility index (Phi) is 8.38. The van der Waals surface area contributed by atoms with Crippen LogP contribution in [0.1, 0.15) is 36.5 Å². The maximum absolute atomic E-state index is 12.9. The van der Waals surface area contributed by atoms with Gasteiger partial charge in [0.25, 0.3) is 5.91 Å². The zero-order valence-electron chi connectivity index (χ0n) is 17.2. The fourth-order valence-electron chi connectivity index (χ4n) is 3.35. The first-order valence-electron chi connectivity index (χ1n) is 9.74. The number of aldehydes is 1. The molecular formula is C20H25ClN4O6. The van der Waals surface area contributed by atoms with Crippen LogP contribution in [0.5, 0.6) is 0 Å². The average molecular weight is 453 g/mol. The lowest BCUT2D eigenvalue weighted by Crippen LogP contribution is -2.54. The molecule has 3 unspecified atom stereocenters. The molecule has 1 aliphatic rings. The van der Waals surface area contributed by atoms with E-state index in [1.807, 2.05) is 0 Å². The minimum atomic E-state index is -1.23. The Morgan fingerprint density at radius 3 is 2.58 bits per heavy atom. The summed E-state index contributed by atoms with van der Waals surface area (Å²) >= 11 is 6.09. The van der Waals surface area contributed by atoms with Gasteiger partial charge in [0.1, 0.15) is 18.4 Å². The van der Waals surface area contributed by atoms with Gasteiger partial charge in [-0.15, -0.1) is 0 Å². The number of carboxylic acid groups (broad SMARTS) is 1. The molecule has 0 radical (unpaired) electrons. The van der Waals surface area contributed by atoms with Crippen molar-refractivity contribution in [3.63, 3.8) is 0 Å². The van der Waals surface area contributed by atoms with E-state index in [0.29, 0.717) is 36.4 Å². The summed E-state index contributed by atoms with van der Waals surface area (Å²) in [5, 5.41) is 17.0. The molecule has 3 atom stereocenters. The Morgan fingerprint density at radius 2 is 2.00 bits per heavy atom. The average Bonchev–Trinajstić information content (AvgIpc) is 3.22. The second-order valence-electron chi connectivity index (χ2n) is 7.18. The predicted molar refractivity (Wildman–Crippen MR) is 113 cm³/mol. The highest BCUT2D eigenvalue weighted by Crippen LogP contribution is 2.23. The van der Waals surface area contributed by atoms with Gasteiger partial charge in [0.2, 0.25) is 11.8 Å². The van der Waals surface area contributed by atoms with Crippen LogP contribution in [0.4, 0.5) is 5.69 Å². The first-order chi connectivity index (χ1) is 14.7. The van der Waals surface area contributed by atoms with Gasteiger partial charge in [0.05, 0.1) is 23.2 Å². The van der Waals surface area contributed by atoms with Crippen molar-refractivity contribution in [3.05, 3.63) is 28.8 Å². The molecule has 10 nitrogen and oxygen atoms in total. The van der Waals surface area contributed by atoms with Gasteiger partial charge in [-0.2, -0.15) is 0 Å². The van der Waals surface area contributed by atoms with Crippen LogP contribution in [0, 0.1) is 0 Å². The maximum Gasteiger partial charge on any atom is 0.305 e. The van der Waals surface area contributed by atoms with Crippen LogP contribution in [0.2, 0.25) is 5.02 Å². The fourth-order valence-corrected chi connectivity index (χ4v) is 3.63. The zero-order chi connectivity index (χ0) is 23.1. The molecule has 0 spiro atoms. The Bertz CT molecular complexity index is 877. The first-order valence-corrected chi connectivity index (χ1v) is 10.1. The zero-order valence-corrected chi connectivity index (χ0v) is 17.9. The lowest BCUT2D eigenvalue weighted by atomic mass is 10.1. The molecule has 0 aliphatic carbocycles. The molecule has 1 fully saturated rings. The Morgan fingerprint density at radius 1 is 1.29 bits per heavy atom. The van der Waals surface area contributed by atoms with Crippen LogP contribution in [0.3, 0.4) is 0 Å². The largest absolute Gasteiger partial charge is 0.481 e. The van der Waals surface area contributed by atoms with E-state index in [4.69, 9.17) is 16.7 Å². The second kappa shape index (κ2) is 10.8. The lowest BCUT2D eigenvalue weighted by molar-refractivity contribution is -0.141. The summed E-state index contributed by atoms with van der Waals surface area (Å²) < 4.78 is 0. The van der Waals surface area contributed by atoms with Crippen molar-refractivity contribution in [2.45, 2.75) is 44.3 Å². The van der Waals surface area contributed by atoms with Gasteiger partial charge in [0.15, 0.2) is 0 Å². The molecule has 1 saturated heterocycles. The van der Waals surface area contributed by atoms with Crippen LogP contribution in [-0.4, -0.2) is 71.7 Å². The number of hydrogen-bond acceptors (Lipinski definition) is 6. The molecule has 2 rings (SSSR count). The molecule has 1 aliphatic heterocycles. The van der Waals surface area contributed by atoms with Crippen molar-refractivity contribution in [2.75, 3.05) is 18.9 Å². The molecule has 0 aromatic heterocycles. The topological polar surface area (TPSA) is 145 Å². The first kappa shape index (κ1) is 24.1. The number of benzene rings is 1. The van der Waals surface area contributed by atoms with Gasteiger partial charge >= 0.3 is 5.97 Å². The molecule has 3 amide bonds. The highest BCUT2D eigenvalue weighted by molar-refractivity contribution is 6.33. The lowest BCUT2D eigenvalue weighted by Gasteiger charge is -2.27. The molecule has 0 saturated carbocycles. The summed E-state index contributed by atoms with van der Waals surface area (Å²) in [6, 6.07) is 1.76. The third-order valence-corrected chi connectivity index (χ3v) is 5.26. The van der Waals surface area contributed by atoms with Crippen LogP contribution in [-0.2, 0) is 19.2 Å². The van der Waals surface area contributed by atoms with E-state index in [1.165, 1.54) is 17.9 Å². The third kappa shape index (κ3) is 6.17. The highest BCUT2D eigenvalue weighted by atomic mass is 35.5. The number of anilines is 1. The normalized spacial score (nSPS) is 17.4. The molecule has 0 bridgehead atoms. The van der Waals surface area contributed by atoms with E-state index in [1.54, 1.807) is 19.2 Å². The summed E-state index contributed by atoms with van der Waals surface area (Å²) in [6.45, 7) is 1.82. The van der Waals surface area contributed by atoms with Gasteiger partial charge < -0.3 is 30.8 Å². The molecular weight excluding hydrogens is 428 g/mol. The van der Waals surface area contributed by atoms with Gasteiger partial charge in [0, 0.05) is 19.2 Å². The molecule has 168 valence electrons. The van der Waals surface area contributed by atoms with Crippen LogP contribution in [0.15, 0.2) is 18.2 Å². The molecule has 1 heterocycles. The monoisotopic (exact) mass is 452 g/mol. The number of aliphatic carboxylic acids is 1. The number of carboxylic acids is 1. The van der Waals surface area contributed by atoms with Crippen LogP contribution >= 0.6 is 11.6 Å². The number of likely N-dealkylation sites (tertiary alicyclic amines) is 1. The van der Waals surface area contributed by atoms with E-state index in [0.717, 1.165) is 0 Å². The number of nitrogens with zero attached hydrogens (tertiary/aromatic N) is 1. The van der Waals surface area contributed by atoms with Gasteiger partial charge in [-0.05, 0) is 38.0 Å². The van der Waals surface area contributed by atoms with Crippen LogP contribution < -0.4 is 16.0 Å². The van der Waals surface area contributed by atoms with E-state index in [-0.39, 0.29) is 5.56 Å². The molecule has 4 N–H and O–H groups in total. The van der Waals surface area contributed by atoms with Gasteiger partial charge in [-0.3, -0.25) is 19.2 Å². The number of hydrogen-bond donors (Lipinski definition) is 4. The smallest absolute Gasteiger partial charge is 0.305 e. The number of carbonyl (C=O) groups is 5. The van der Waals surface area contributed by atoms with Crippen molar-refractivity contribution in [1.29, 1.82) is 0 Å². The summed E-state index contributed by atoms with van der Waals surface area (Å²) in [6.07, 6.45) is 0.742. The minimum absolute atomic E-state index is 0.280. The number of carbonyl (C=O) groups excluding carboxylic acids is 4. The van der Waals surface area contributed by atoms with E-state index in [2.05, 4.69) is 16.0 Å². The van der Waals surface area contributed by atoms with Crippen molar-refractivity contribution >= 4 is 47.3 Å². The number of nitrogens with one attached hydrogen (secondary N) is 3. The van der Waals surface area contributed by atoms with Crippen molar-refractivity contribution < 1.29 is 29.1 Å². The summed E-state index contributed by atoms with van der Waals surface area (Å²) in [7, 11) is 1.70. The molecule has 31 heavy (non-hydrogen) atoms. The minimum Gasteiger partial charge on any atom is -0.481 e. The molecule has 11 heteroatoms. The number of halogens is 1. The maximum atomic E-state index is 12.9. The van der Waals surface area contributed by atoms with Crippen molar-refractivity contribution in [2.24, 2.45) is 0 Å². The Hall–Kier alpha value is -3.14. The summed E-state index contributed by atoms with van der Waals surface area (Å²) in [4.78, 5) is 61.0. The second-order valence-corrected chi connectivity index (χ2v) is 7.59. The number of amides is 3. The van der Waals surface area contributed by atoms with E-state index < -0.39 is 48.2 Å². The fraction of sp³-hybridized carbons (Fsp3) is 0.450. The van der Waals surface area contributed by atoms with Crippen molar-refractivity contribution in [1.82, 2.24) is 15.5 Å². The third-order valence-electron chi connectivity index (χ3n) is 4.94. The molecule has 1 aromatic rings.